The van der Waals surface area contributed by atoms with Gasteiger partial charge in [-0.05, 0) is 43.0 Å². The van der Waals surface area contributed by atoms with E-state index in [1.165, 1.54) is 11.8 Å². The number of nitrogens with zero attached hydrogens (tertiary/aromatic N) is 6. The summed E-state index contributed by atoms with van der Waals surface area (Å²) in [6.45, 7) is 3.93. The quantitative estimate of drug-likeness (QED) is 0.390. The molecule has 1 aromatic carbocycles. The summed E-state index contributed by atoms with van der Waals surface area (Å²) < 4.78 is 5.27. The number of aromatic nitrogens is 5. The van der Waals surface area contributed by atoms with Gasteiger partial charge in [0, 0.05) is 49.5 Å². The van der Waals surface area contributed by atoms with Gasteiger partial charge in [-0.1, -0.05) is 30.0 Å². The third-order valence-electron chi connectivity index (χ3n) is 7.86. The second kappa shape index (κ2) is 8.44. The Morgan fingerprint density at radius 3 is 2.84 bits per heavy atom. The average molecular weight is 515 g/mol. The Morgan fingerprint density at radius 1 is 1.11 bits per heavy atom. The van der Waals surface area contributed by atoms with Gasteiger partial charge < -0.3 is 9.47 Å². The molecule has 37 heavy (non-hydrogen) atoms. The molecule has 0 saturated carbocycles. The predicted molar refractivity (Wildman–Crippen MR) is 140 cm³/mol. The average Bonchev–Trinajstić information content (AvgIpc) is 3.49. The predicted octanol–water partition coefficient (Wildman–Crippen LogP) is 2.74. The van der Waals surface area contributed by atoms with E-state index in [-0.39, 0.29) is 41.3 Å². The summed E-state index contributed by atoms with van der Waals surface area (Å²) in [6.07, 6.45) is 2.84. The molecule has 1 saturated heterocycles. The van der Waals surface area contributed by atoms with E-state index in [1.807, 2.05) is 52.8 Å². The molecule has 0 N–H and O–H groups in total. The molecule has 0 aliphatic carbocycles. The summed E-state index contributed by atoms with van der Waals surface area (Å²) >= 11 is 1.52. The van der Waals surface area contributed by atoms with Crippen molar-refractivity contribution in [2.45, 2.75) is 43.4 Å². The van der Waals surface area contributed by atoms with Crippen molar-refractivity contribution in [3.05, 3.63) is 80.6 Å². The molecular weight excluding hydrogens is 488 g/mol. The van der Waals surface area contributed by atoms with Gasteiger partial charge in [-0.3, -0.25) is 19.0 Å². The number of carbonyl (C=O) groups is 1. The summed E-state index contributed by atoms with van der Waals surface area (Å²) in [5.41, 5.74) is 3.42. The molecule has 2 bridgehead atoms. The topological polar surface area (TPSA) is 95.0 Å². The van der Waals surface area contributed by atoms with Gasteiger partial charge >= 0.3 is 0 Å². The smallest absolute Gasteiger partial charge is 0.265 e. The first kappa shape index (κ1) is 22.5. The highest BCUT2D eigenvalue weighted by molar-refractivity contribution is 7.99. The van der Waals surface area contributed by atoms with E-state index in [1.54, 1.807) is 21.5 Å². The van der Waals surface area contributed by atoms with Gasteiger partial charge in [-0.15, -0.1) is 0 Å². The number of amides is 1. The fraction of sp³-hybridized carbons (Fsp3) is 0.370. The lowest BCUT2D eigenvalue weighted by atomic mass is 9.83. The zero-order chi connectivity index (χ0) is 25.3. The van der Waals surface area contributed by atoms with Crippen molar-refractivity contribution in [3.63, 3.8) is 0 Å². The van der Waals surface area contributed by atoms with Crippen molar-refractivity contribution in [1.82, 2.24) is 28.8 Å². The number of aryl methyl sites for hydroxylation is 1. The first-order valence-corrected chi connectivity index (χ1v) is 13.6. The zero-order valence-corrected chi connectivity index (χ0v) is 21.2. The number of benzene rings is 1. The van der Waals surface area contributed by atoms with Crippen molar-refractivity contribution in [2.24, 2.45) is 5.92 Å². The monoisotopic (exact) mass is 514 g/mol. The number of hydrogen-bond acceptors (Lipinski definition) is 6. The van der Waals surface area contributed by atoms with Crippen molar-refractivity contribution < 1.29 is 4.79 Å². The number of carbonyl (C=O) groups excluding carboxylic acids is 1. The molecule has 3 unspecified atom stereocenters. The molecule has 188 valence electrons. The Labute approximate surface area is 216 Å². The molecule has 0 spiro atoms. The fourth-order valence-corrected chi connectivity index (χ4v) is 7.29. The number of piperidine rings is 1. The van der Waals surface area contributed by atoms with E-state index in [2.05, 4.69) is 5.10 Å². The van der Waals surface area contributed by atoms with Crippen LogP contribution < -0.4 is 11.1 Å². The zero-order valence-electron chi connectivity index (χ0n) is 20.4. The molecule has 10 heteroatoms. The van der Waals surface area contributed by atoms with Gasteiger partial charge in [0.15, 0.2) is 10.8 Å². The van der Waals surface area contributed by atoms with Gasteiger partial charge in [0.1, 0.15) is 5.39 Å². The Balaban J connectivity index is 1.15. The first-order chi connectivity index (χ1) is 18.0. The maximum absolute atomic E-state index is 13.5. The van der Waals surface area contributed by atoms with E-state index in [0.717, 1.165) is 23.4 Å². The van der Waals surface area contributed by atoms with Crippen LogP contribution in [0.15, 0.2) is 63.4 Å². The van der Waals surface area contributed by atoms with Gasteiger partial charge in [0.25, 0.3) is 11.1 Å². The van der Waals surface area contributed by atoms with Gasteiger partial charge in [-0.2, -0.15) is 5.10 Å². The minimum Gasteiger partial charge on any atom is -0.342 e. The van der Waals surface area contributed by atoms with Crippen LogP contribution in [0.5, 0.6) is 0 Å². The maximum atomic E-state index is 13.5. The molecule has 4 aromatic rings. The molecule has 3 aliphatic rings. The van der Waals surface area contributed by atoms with Crippen molar-refractivity contribution in [2.75, 3.05) is 18.8 Å². The highest BCUT2D eigenvalue weighted by Crippen LogP contribution is 2.37. The second-order valence-electron chi connectivity index (χ2n) is 10.4. The van der Waals surface area contributed by atoms with Crippen LogP contribution in [0, 0.1) is 12.8 Å². The molecule has 7 rings (SSSR count). The van der Waals surface area contributed by atoms with Crippen LogP contribution in [0.25, 0.3) is 16.7 Å². The van der Waals surface area contributed by atoms with Crippen molar-refractivity contribution in [3.8, 4) is 5.69 Å². The Bertz CT molecular complexity index is 1690. The number of thioether (sulfide) groups is 1. The van der Waals surface area contributed by atoms with Crippen LogP contribution >= 0.6 is 11.8 Å². The third kappa shape index (κ3) is 3.65. The molecule has 3 atom stereocenters. The Kier molecular flexibility index (Phi) is 5.14. The SMILES string of the molecule is Cc1cccc(-n2ncc3c(=O)n4c(nc32)SCC4CC(=O)N2CC3CC(C2)c2cccc(=O)n2C3)c1. The number of fused-ring (bicyclic) bond motifs is 6. The van der Waals surface area contributed by atoms with E-state index in [4.69, 9.17) is 4.98 Å². The van der Waals surface area contributed by atoms with Crippen LogP contribution in [0.3, 0.4) is 0 Å². The van der Waals surface area contributed by atoms with E-state index in [0.29, 0.717) is 41.6 Å². The van der Waals surface area contributed by atoms with Crippen LogP contribution in [0.4, 0.5) is 0 Å². The van der Waals surface area contributed by atoms with E-state index < -0.39 is 0 Å². The molecular formula is C27H26N6O3S. The summed E-state index contributed by atoms with van der Waals surface area (Å²) in [5.74, 6) is 1.14. The minimum absolute atomic E-state index is 0.0375. The van der Waals surface area contributed by atoms with Gasteiger partial charge in [-0.25, -0.2) is 9.67 Å². The standard InChI is InChI=1S/C27H26N6O3S/c1-16-4-2-5-19(8-16)33-25-21(11-28-33)26(36)32-20(15-37-27(32)29-25)10-24(35)30-12-17-9-18(14-30)22-6-3-7-23(34)31(22)13-17/h2-8,11,17-18,20H,9-10,12-15H2,1H3. The number of likely N-dealkylation sites (tertiary alicyclic amines) is 1. The van der Waals surface area contributed by atoms with E-state index >= 15 is 0 Å². The molecule has 1 fully saturated rings. The normalized spacial score (nSPS) is 22.2. The lowest BCUT2D eigenvalue weighted by Crippen LogP contribution is -2.49. The van der Waals surface area contributed by atoms with Crippen LogP contribution in [0.1, 0.15) is 36.1 Å². The van der Waals surface area contributed by atoms with Crippen LogP contribution in [0.2, 0.25) is 0 Å². The fourth-order valence-electron chi connectivity index (χ4n) is 6.16. The number of rotatable bonds is 3. The largest absolute Gasteiger partial charge is 0.342 e. The van der Waals surface area contributed by atoms with Crippen molar-refractivity contribution in [1.29, 1.82) is 0 Å². The third-order valence-corrected chi connectivity index (χ3v) is 8.96. The number of hydrogen-bond donors (Lipinski definition) is 0. The molecule has 3 aromatic heterocycles. The van der Waals surface area contributed by atoms with Crippen LogP contribution in [-0.2, 0) is 11.3 Å². The molecule has 9 nitrogen and oxygen atoms in total. The number of pyridine rings is 1. The summed E-state index contributed by atoms with van der Waals surface area (Å²) in [6, 6.07) is 13.1. The Hall–Kier alpha value is -3.66. The lowest BCUT2D eigenvalue weighted by Gasteiger charge is -2.43. The molecule has 6 heterocycles. The summed E-state index contributed by atoms with van der Waals surface area (Å²) in [4.78, 5) is 46.1. The maximum Gasteiger partial charge on any atom is 0.265 e. The minimum atomic E-state index is -0.240. The summed E-state index contributed by atoms with van der Waals surface area (Å²) in [7, 11) is 0. The molecule has 3 aliphatic heterocycles. The lowest BCUT2D eigenvalue weighted by molar-refractivity contribution is -0.134. The summed E-state index contributed by atoms with van der Waals surface area (Å²) in [5, 5.41) is 5.55. The van der Waals surface area contributed by atoms with Crippen LogP contribution in [-0.4, -0.2) is 53.5 Å². The Morgan fingerprint density at radius 2 is 1.97 bits per heavy atom. The van der Waals surface area contributed by atoms with E-state index in [9.17, 15) is 14.4 Å². The molecule has 0 radical (unpaired) electrons. The molecule has 1 amide bonds. The highest BCUT2D eigenvalue weighted by Gasteiger charge is 2.38. The highest BCUT2D eigenvalue weighted by atomic mass is 32.2. The van der Waals surface area contributed by atoms with Gasteiger partial charge in [0.2, 0.25) is 5.91 Å². The second-order valence-corrected chi connectivity index (χ2v) is 11.4. The first-order valence-electron chi connectivity index (χ1n) is 12.6. The van der Waals surface area contributed by atoms with Gasteiger partial charge in [0.05, 0.1) is 17.9 Å². The van der Waals surface area contributed by atoms with Crippen molar-refractivity contribution >= 4 is 28.7 Å².